The van der Waals surface area contributed by atoms with E-state index in [0.29, 0.717) is 23.7 Å². The molecule has 150 valence electrons. The molecule has 0 aliphatic heterocycles. The van der Waals surface area contributed by atoms with Crippen LogP contribution < -0.4 is 4.74 Å². The number of ketones is 1. The molecule has 0 spiro atoms. The third-order valence-electron chi connectivity index (χ3n) is 4.68. The Labute approximate surface area is 180 Å². The summed E-state index contributed by atoms with van der Waals surface area (Å²) in [6, 6.07) is 24.9. The van der Waals surface area contributed by atoms with Crippen LogP contribution in [-0.2, 0) is 19.6 Å². The lowest BCUT2D eigenvalue weighted by molar-refractivity contribution is 0.0992. The molecule has 0 aliphatic carbocycles. The van der Waals surface area contributed by atoms with Crippen LogP contribution in [-0.4, -0.2) is 15.3 Å². The first-order chi connectivity index (χ1) is 14.7. The lowest BCUT2D eigenvalue weighted by Gasteiger charge is -2.07. The molecule has 0 saturated carbocycles. The van der Waals surface area contributed by atoms with Crippen molar-refractivity contribution in [2.75, 3.05) is 0 Å². The summed E-state index contributed by atoms with van der Waals surface area (Å²) in [6.45, 7) is 1.08. The Morgan fingerprint density at radius 3 is 2.57 bits per heavy atom. The fourth-order valence-corrected chi connectivity index (χ4v) is 3.43. The highest BCUT2D eigenvalue weighted by Gasteiger charge is 2.10. The number of nitrogens with zero attached hydrogens (tertiary/aromatic N) is 2. The van der Waals surface area contributed by atoms with Crippen molar-refractivity contribution in [1.82, 2.24) is 9.55 Å². The molecule has 0 bridgehead atoms. The second-order valence-corrected chi connectivity index (χ2v) is 7.51. The number of ether oxygens (including phenoxy) is 1. The largest absolute Gasteiger partial charge is 0.489 e. The van der Waals surface area contributed by atoms with Gasteiger partial charge in [-0.3, -0.25) is 4.79 Å². The van der Waals surface area contributed by atoms with Gasteiger partial charge < -0.3 is 9.30 Å². The Balaban J connectivity index is 1.37. The Hall–Kier alpha value is -3.37. The van der Waals surface area contributed by atoms with Crippen molar-refractivity contribution in [2.24, 2.45) is 0 Å². The van der Waals surface area contributed by atoms with Crippen LogP contribution in [0.1, 0.15) is 27.2 Å². The molecule has 4 rings (SSSR count). The van der Waals surface area contributed by atoms with Gasteiger partial charge in [0.05, 0.1) is 18.4 Å². The molecule has 1 aromatic heterocycles. The van der Waals surface area contributed by atoms with Gasteiger partial charge in [0.2, 0.25) is 0 Å². The lowest BCUT2D eigenvalue weighted by atomic mass is 10.0. The van der Waals surface area contributed by atoms with Gasteiger partial charge in [0.25, 0.3) is 0 Å². The molecule has 0 aliphatic rings. The van der Waals surface area contributed by atoms with Crippen LogP contribution in [0.4, 0.5) is 0 Å². The molecule has 0 atom stereocenters. The van der Waals surface area contributed by atoms with E-state index in [4.69, 9.17) is 16.3 Å². The van der Waals surface area contributed by atoms with E-state index in [1.54, 1.807) is 6.33 Å². The lowest BCUT2D eigenvalue weighted by Crippen LogP contribution is -2.05. The van der Waals surface area contributed by atoms with Gasteiger partial charge in [-0.05, 0) is 41.5 Å². The van der Waals surface area contributed by atoms with Crippen molar-refractivity contribution in [2.45, 2.75) is 19.6 Å². The van der Waals surface area contributed by atoms with E-state index in [1.165, 1.54) is 0 Å². The number of benzene rings is 3. The third-order valence-corrected chi connectivity index (χ3v) is 4.92. The van der Waals surface area contributed by atoms with Crippen LogP contribution in [0.2, 0.25) is 5.02 Å². The molecule has 4 nitrogen and oxygen atoms in total. The number of rotatable bonds is 8. The predicted octanol–water partition coefficient (Wildman–Crippen LogP) is 5.59. The molecule has 0 saturated heterocycles. The highest BCUT2D eigenvalue weighted by Crippen LogP contribution is 2.15. The predicted molar refractivity (Wildman–Crippen MR) is 118 cm³/mol. The minimum absolute atomic E-state index is 0.0320. The van der Waals surface area contributed by atoms with E-state index in [1.807, 2.05) is 89.6 Å². The van der Waals surface area contributed by atoms with Gasteiger partial charge in [0.15, 0.2) is 5.78 Å². The summed E-state index contributed by atoms with van der Waals surface area (Å²) >= 11 is 6.04. The normalized spacial score (nSPS) is 10.7. The highest BCUT2D eigenvalue weighted by atomic mass is 35.5. The molecule has 3 aromatic carbocycles. The summed E-state index contributed by atoms with van der Waals surface area (Å²) in [4.78, 5) is 17.1. The summed E-state index contributed by atoms with van der Waals surface area (Å²) < 4.78 is 7.73. The minimum Gasteiger partial charge on any atom is -0.489 e. The fraction of sp³-hybridized carbons (Fsp3) is 0.120. The summed E-state index contributed by atoms with van der Waals surface area (Å²) in [5.41, 5.74) is 3.45. The van der Waals surface area contributed by atoms with Crippen LogP contribution >= 0.6 is 11.6 Å². The van der Waals surface area contributed by atoms with Crippen molar-refractivity contribution < 1.29 is 9.53 Å². The van der Waals surface area contributed by atoms with Gasteiger partial charge in [-0.15, -0.1) is 0 Å². The molecular formula is C25H21ClN2O2. The standard InChI is InChI=1S/C25H21ClN2O2/c26-22-9-5-6-19(13-22)15-28-16-23(27-18-28)14-25(29)21-8-4-7-20(12-21)17-30-24-10-2-1-3-11-24/h1-13,16,18H,14-15,17H2. The van der Waals surface area contributed by atoms with Gasteiger partial charge in [0.1, 0.15) is 12.4 Å². The van der Waals surface area contributed by atoms with E-state index in [0.717, 1.165) is 22.6 Å². The number of hydrogen-bond donors (Lipinski definition) is 0. The van der Waals surface area contributed by atoms with E-state index in [2.05, 4.69) is 4.98 Å². The molecule has 0 unspecified atom stereocenters. The first-order valence-corrected chi connectivity index (χ1v) is 10.1. The van der Waals surface area contributed by atoms with E-state index in [9.17, 15) is 4.79 Å². The SMILES string of the molecule is O=C(Cc1cn(Cc2cccc(Cl)c2)cn1)c1cccc(COc2ccccc2)c1. The smallest absolute Gasteiger partial charge is 0.168 e. The molecule has 0 N–H and O–H groups in total. The third kappa shape index (κ3) is 5.37. The fourth-order valence-electron chi connectivity index (χ4n) is 3.21. The van der Waals surface area contributed by atoms with Crippen molar-refractivity contribution in [3.63, 3.8) is 0 Å². The van der Waals surface area contributed by atoms with Crippen LogP contribution in [0, 0.1) is 0 Å². The first-order valence-electron chi connectivity index (χ1n) is 9.71. The van der Waals surface area contributed by atoms with Gasteiger partial charge >= 0.3 is 0 Å². The van der Waals surface area contributed by atoms with Gasteiger partial charge in [-0.25, -0.2) is 4.98 Å². The zero-order chi connectivity index (χ0) is 20.8. The minimum atomic E-state index is 0.0320. The van der Waals surface area contributed by atoms with Crippen molar-refractivity contribution in [3.05, 3.63) is 119 Å². The molecule has 30 heavy (non-hydrogen) atoms. The number of halogens is 1. The molecule has 1 heterocycles. The quantitative estimate of drug-likeness (QED) is 0.352. The van der Waals surface area contributed by atoms with Crippen LogP contribution in [0.15, 0.2) is 91.4 Å². The topological polar surface area (TPSA) is 44.1 Å². The summed E-state index contributed by atoms with van der Waals surface area (Å²) in [6.07, 6.45) is 3.90. The second-order valence-electron chi connectivity index (χ2n) is 7.07. The second kappa shape index (κ2) is 9.42. The summed E-state index contributed by atoms with van der Waals surface area (Å²) in [5.74, 6) is 0.837. The Bertz CT molecular complexity index is 1140. The van der Waals surface area contributed by atoms with Crippen LogP contribution in [0.3, 0.4) is 0 Å². The number of Topliss-reactive ketones (excluding diaryl/α,β-unsaturated/α-hetero) is 1. The zero-order valence-corrected chi connectivity index (χ0v) is 17.1. The molecule has 5 heteroatoms. The van der Waals surface area contributed by atoms with E-state index in [-0.39, 0.29) is 12.2 Å². The van der Waals surface area contributed by atoms with Crippen molar-refractivity contribution >= 4 is 17.4 Å². The highest BCUT2D eigenvalue weighted by molar-refractivity contribution is 6.30. The van der Waals surface area contributed by atoms with Crippen LogP contribution in [0.25, 0.3) is 0 Å². The van der Waals surface area contributed by atoms with Gasteiger partial charge in [-0.1, -0.05) is 60.1 Å². The van der Waals surface area contributed by atoms with Crippen molar-refractivity contribution in [1.29, 1.82) is 0 Å². The maximum absolute atomic E-state index is 12.7. The van der Waals surface area contributed by atoms with E-state index >= 15 is 0 Å². The average Bonchev–Trinajstić information content (AvgIpc) is 3.20. The Kier molecular flexibility index (Phi) is 6.26. The maximum atomic E-state index is 12.7. The molecule has 0 radical (unpaired) electrons. The number of carbonyl (C=O) groups excluding carboxylic acids is 1. The van der Waals surface area contributed by atoms with Crippen LogP contribution in [0.5, 0.6) is 5.75 Å². The number of aromatic nitrogens is 2. The summed E-state index contributed by atoms with van der Waals surface area (Å²) in [7, 11) is 0. The molecular weight excluding hydrogens is 396 g/mol. The Morgan fingerprint density at radius 2 is 1.73 bits per heavy atom. The Morgan fingerprint density at radius 1 is 0.933 bits per heavy atom. The average molecular weight is 417 g/mol. The number of hydrogen-bond acceptors (Lipinski definition) is 3. The van der Waals surface area contributed by atoms with Gasteiger partial charge in [-0.2, -0.15) is 0 Å². The summed E-state index contributed by atoms with van der Waals surface area (Å²) in [5, 5.41) is 0.708. The zero-order valence-electron chi connectivity index (χ0n) is 16.4. The van der Waals surface area contributed by atoms with Gasteiger partial charge in [0, 0.05) is 23.3 Å². The number of para-hydroxylation sites is 1. The molecule has 0 fully saturated rings. The molecule has 4 aromatic rings. The number of imidazole rings is 1. The monoisotopic (exact) mass is 416 g/mol. The van der Waals surface area contributed by atoms with Crippen molar-refractivity contribution in [3.8, 4) is 5.75 Å². The first kappa shape index (κ1) is 19.9. The molecule has 0 amide bonds. The van der Waals surface area contributed by atoms with E-state index < -0.39 is 0 Å². The maximum Gasteiger partial charge on any atom is 0.168 e. The number of carbonyl (C=O) groups is 1.